The largest absolute Gasteiger partial charge is 0.504 e. The Hall–Kier alpha value is -4.40. The van der Waals surface area contributed by atoms with Crippen molar-refractivity contribution < 1.29 is 24.3 Å². The monoisotopic (exact) mass is 421 g/mol. The third-order valence-electron chi connectivity index (χ3n) is 4.24. The van der Waals surface area contributed by atoms with Crippen molar-refractivity contribution >= 4 is 17.8 Å². The molecule has 0 unspecified atom stereocenters. The van der Waals surface area contributed by atoms with Crippen LogP contribution in [0.4, 0.5) is 5.69 Å². The average Bonchev–Trinajstić information content (AvgIpc) is 2.79. The molecule has 0 bridgehead atoms. The molecule has 0 saturated heterocycles. The summed E-state index contributed by atoms with van der Waals surface area (Å²) in [5.41, 5.74) is 4.06. The number of methoxy groups -OCH3 is 1. The van der Waals surface area contributed by atoms with Crippen LogP contribution in [-0.4, -0.2) is 35.9 Å². The number of nitrogens with one attached hydrogen (secondary N) is 1. The molecule has 0 saturated carbocycles. The number of non-ortho nitro benzene ring substituents is 1. The van der Waals surface area contributed by atoms with Crippen molar-refractivity contribution in [3.05, 3.63) is 82.4 Å². The minimum absolute atomic E-state index is 0.0174. The molecular formula is C22H19N3O6. The maximum atomic E-state index is 11.9. The first-order chi connectivity index (χ1) is 15.0. The predicted octanol–water partition coefficient (Wildman–Crippen LogP) is 3.51. The Morgan fingerprint density at radius 3 is 2.45 bits per heavy atom. The number of hydrazone groups is 1. The van der Waals surface area contributed by atoms with E-state index in [-0.39, 0.29) is 29.4 Å². The van der Waals surface area contributed by atoms with Crippen molar-refractivity contribution in [3.63, 3.8) is 0 Å². The van der Waals surface area contributed by atoms with Crippen molar-refractivity contribution in [3.8, 4) is 28.4 Å². The van der Waals surface area contributed by atoms with E-state index in [0.717, 1.165) is 29.5 Å². The van der Waals surface area contributed by atoms with Crippen LogP contribution in [0.1, 0.15) is 5.56 Å². The minimum Gasteiger partial charge on any atom is -0.504 e. The SMILES string of the molecule is COc1cc([N+](=O)[O-])cc(/C=N\NC(=O)COc2ccc(-c3ccccc3)cc2)c1O. The van der Waals surface area contributed by atoms with E-state index in [4.69, 9.17) is 9.47 Å². The summed E-state index contributed by atoms with van der Waals surface area (Å²) < 4.78 is 10.3. The Kier molecular flexibility index (Phi) is 6.79. The predicted molar refractivity (Wildman–Crippen MR) is 114 cm³/mol. The van der Waals surface area contributed by atoms with Gasteiger partial charge in [-0.05, 0) is 23.3 Å². The molecule has 2 N–H and O–H groups in total. The van der Waals surface area contributed by atoms with Gasteiger partial charge in [-0.3, -0.25) is 14.9 Å². The number of aromatic hydroxyl groups is 1. The molecule has 0 aliphatic carbocycles. The van der Waals surface area contributed by atoms with E-state index in [2.05, 4.69) is 10.5 Å². The Morgan fingerprint density at radius 1 is 1.13 bits per heavy atom. The number of nitro benzene ring substituents is 1. The third-order valence-corrected chi connectivity index (χ3v) is 4.24. The summed E-state index contributed by atoms with van der Waals surface area (Å²) in [6.07, 6.45) is 1.08. The molecule has 0 radical (unpaired) electrons. The first-order valence-corrected chi connectivity index (χ1v) is 9.13. The summed E-state index contributed by atoms with van der Waals surface area (Å²) >= 11 is 0. The van der Waals surface area contributed by atoms with Gasteiger partial charge < -0.3 is 14.6 Å². The first-order valence-electron chi connectivity index (χ1n) is 9.13. The van der Waals surface area contributed by atoms with Gasteiger partial charge in [0.25, 0.3) is 11.6 Å². The number of rotatable bonds is 8. The van der Waals surface area contributed by atoms with Crippen LogP contribution in [0.15, 0.2) is 71.8 Å². The molecule has 158 valence electrons. The highest BCUT2D eigenvalue weighted by Gasteiger charge is 2.15. The van der Waals surface area contributed by atoms with Gasteiger partial charge in [0.15, 0.2) is 18.1 Å². The second-order valence-electron chi connectivity index (χ2n) is 6.32. The van der Waals surface area contributed by atoms with E-state index in [1.807, 2.05) is 42.5 Å². The highest BCUT2D eigenvalue weighted by Crippen LogP contribution is 2.33. The number of benzene rings is 3. The molecule has 3 rings (SSSR count). The number of carbonyl (C=O) groups excluding carboxylic acids is 1. The summed E-state index contributed by atoms with van der Waals surface area (Å²) in [5.74, 6) is -0.440. The van der Waals surface area contributed by atoms with Crippen LogP contribution in [-0.2, 0) is 4.79 Å². The standard InChI is InChI=1S/C22H19N3O6/c1-30-20-12-18(25(28)29)11-17(22(20)27)13-23-24-21(26)14-31-19-9-7-16(8-10-19)15-5-3-2-4-6-15/h2-13,27H,14H2,1H3,(H,24,26)/b23-13-. The Labute approximate surface area is 177 Å². The van der Waals surface area contributed by atoms with Crippen LogP contribution in [0.2, 0.25) is 0 Å². The molecule has 0 atom stereocenters. The van der Waals surface area contributed by atoms with Crippen LogP contribution in [0.25, 0.3) is 11.1 Å². The van der Waals surface area contributed by atoms with Gasteiger partial charge in [-0.15, -0.1) is 0 Å². The van der Waals surface area contributed by atoms with Crippen LogP contribution >= 0.6 is 0 Å². The lowest BCUT2D eigenvalue weighted by molar-refractivity contribution is -0.385. The molecule has 9 heteroatoms. The quantitative estimate of drug-likeness (QED) is 0.326. The number of nitrogens with zero attached hydrogens (tertiary/aromatic N) is 2. The van der Waals surface area contributed by atoms with Crippen LogP contribution in [0.3, 0.4) is 0 Å². The zero-order chi connectivity index (χ0) is 22.2. The maximum Gasteiger partial charge on any atom is 0.277 e. The molecule has 0 aliphatic heterocycles. The molecule has 0 fully saturated rings. The van der Waals surface area contributed by atoms with Crippen LogP contribution in [0, 0.1) is 10.1 Å². The molecule has 1 amide bonds. The van der Waals surface area contributed by atoms with E-state index in [9.17, 15) is 20.0 Å². The van der Waals surface area contributed by atoms with Gasteiger partial charge in [-0.1, -0.05) is 42.5 Å². The minimum atomic E-state index is -0.630. The lowest BCUT2D eigenvalue weighted by Crippen LogP contribution is -2.24. The summed E-state index contributed by atoms with van der Waals surface area (Å²) in [5, 5.41) is 24.7. The van der Waals surface area contributed by atoms with E-state index >= 15 is 0 Å². The van der Waals surface area contributed by atoms with Gasteiger partial charge >= 0.3 is 0 Å². The van der Waals surface area contributed by atoms with Crippen molar-refractivity contribution in [1.29, 1.82) is 0 Å². The molecule has 9 nitrogen and oxygen atoms in total. The summed E-state index contributed by atoms with van der Waals surface area (Å²) in [4.78, 5) is 22.3. The molecule has 0 spiro atoms. The number of ether oxygens (including phenoxy) is 2. The van der Waals surface area contributed by atoms with E-state index in [0.29, 0.717) is 5.75 Å². The number of carbonyl (C=O) groups is 1. The number of amides is 1. The molecule has 3 aromatic carbocycles. The fourth-order valence-corrected chi connectivity index (χ4v) is 2.70. The second-order valence-corrected chi connectivity index (χ2v) is 6.32. The molecule has 3 aromatic rings. The van der Waals surface area contributed by atoms with Gasteiger partial charge in [0.1, 0.15) is 5.75 Å². The lowest BCUT2D eigenvalue weighted by atomic mass is 10.1. The smallest absolute Gasteiger partial charge is 0.277 e. The van der Waals surface area contributed by atoms with Crippen molar-refractivity contribution in [1.82, 2.24) is 5.43 Å². The normalized spacial score (nSPS) is 10.6. The molecule has 31 heavy (non-hydrogen) atoms. The van der Waals surface area contributed by atoms with E-state index in [1.54, 1.807) is 12.1 Å². The fraction of sp³-hybridized carbons (Fsp3) is 0.0909. The number of hydrogen-bond acceptors (Lipinski definition) is 7. The number of hydrogen-bond donors (Lipinski definition) is 2. The number of phenols is 1. The lowest BCUT2D eigenvalue weighted by Gasteiger charge is -2.07. The summed E-state index contributed by atoms with van der Waals surface area (Å²) in [6, 6.07) is 19.3. The average molecular weight is 421 g/mol. The van der Waals surface area contributed by atoms with E-state index in [1.165, 1.54) is 7.11 Å². The molecule has 0 aliphatic rings. The number of phenolic OH excluding ortho intramolecular Hbond substituents is 1. The number of nitro groups is 1. The molecular weight excluding hydrogens is 402 g/mol. The van der Waals surface area contributed by atoms with Crippen LogP contribution < -0.4 is 14.9 Å². The topological polar surface area (TPSA) is 123 Å². The first kappa shape index (κ1) is 21.3. The van der Waals surface area contributed by atoms with Gasteiger partial charge in [0.05, 0.1) is 24.3 Å². The molecule has 0 heterocycles. The Balaban J connectivity index is 1.56. The maximum absolute atomic E-state index is 11.9. The van der Waals surface area contributed by atoms with Gasteiger partial charge in [0.2, 0.25) is 0 Å². The van der Waals surface area contributed by atoms with Crippen molar-refractivity contribution in [2.24, 2.45) is 5.10 Å². The zero-order valence-electron chi connectivity index (χ0n) is 16.5. The van der Waals surface area contributed by atoms with Gasteiger partial charge in [-0.2, -0.15) is 5.10 Å². The van der Waals surface area contributed by atoms with Crippen molar-refractivity contribution in [2.75, 3.05) is 13.7 Å². The van der Waals surface area contributed by atoms with E-state index < -0.39 is 10.8 Å². The summed E-state index contributed by atoms with van der Waals surface area (Å²) in [6.45, 7) is -0.285. The third kappa shape index (κ3) is 5.57. The zero-order valence-corrected chi connectivity index (χ0v) is 16.5. The van der Waals surface area contributed by atoms with Gasteiger partial charge in [0, 0.05) is 11.6 Å². The van der Waals surface area contributed by atoms with Crippen LogP contribution in [0.5, 0.6) is 17.2 Å². The second kappa shape index (κ2) is 9.88. The fourth-order valence-electron chi connectivity index (χ4n) is 2.70. The van der Waals surface area contributed by atoms with Gasteiger partial charge in [-0.25, -0.2) is 5.43 Å². The summed E-state index contributed by atoms with van der Waals surface area (Å²) in [7, 11) is 1.27. The highest BCUT2D eigenvalue weighted by atomic mass is 16.6. The highest BCUT2D eigenvalue weighted by molar-refractivity contribution is 5.87. The Bertz CT molecular complexity index is 1100. The Morgan fingerprint density at radius 2 is 1.81 bits per heavy atom. The van der Waals surface area contributed by atoms with Crippen molar-refractivity contribution in [2.45, 2.75) is 0 Å². The molecule has 0 aromatic heterocycles.